The highest BCUT2D eigenvalue weighted by atomic mass is 19.4. The third-order valence-electron chi connectivity index (χ3n) is 4.69. The molecule has 0 saturated carbocycles. The standard InChI is InChI=1S/C21H19F4N7O/c22-17-13-26-20(30-19(17)32-7-9-33-10-8-32)31-27-12-16-5-2-6-18(29-16)28-15-4-1-3-14(11-15)21(23,24)25/h1-6,11,13H,7-10,12H2,(H,28,29). The molecule has 1 N–H and O–H groups in total. The third kappa shape index (κ3) is 5.98. The van der Waals surface area contributed by atoms with Crippen LogP contribution in [0.15, 0.2) is 58.9 Å². The Bertz CT molecular complexity index is 1130. The lowest BCUT2D eigenvalue weighted by atomic mass is 10.2. The number of pyridine rings is 1. The smallest absolute Gasteiger partial charge is 0.378 e. The maximum atomic E-state index is 14.1. The van der Waals surface area contributed by atoms with Crippen molar-refractivity contribution >= 4 is 23.3 Å². The zero-order valence-electron chi connectivity index (χ0n) is 17.3. The lowest BCUT2D eigenvalue weighted by Gasteiger charge is -2.27. The molecule has 0 spiro atoms. The molecule has 172 valence electrons. The van der Waals surface area contributed by atoms with Gasteiger partial charge in [-0.1, -0.05) is 12.1 Å². The minimum atomic E-state index is -4.43. The van der Waals surface area contributed by atoms with Crippen LogP contribution >= 0.6 is 0 Å². The van der Waals surface area contributed by atoms with E-state index in [9.17, 15) is 17.6 Å². The molecule has 1 aliphatic heterocycles. The van der Waals surface area contributed by atoms with Crippen LogP contribution in [-0.2, 0) is 17.5 Å². The zero-order valence-corrected chi connectivity index (χ0v) is 17.3. The second kappa shape index (κ2) is 9.86. The van der Waals surface area contributed by atoms with E-state index in [4.69, 9.17) is 4.74 Å². The molecule has 0 unspecified atom stereocenters. The van der Waals surface area contributed by atoms with Gasteiger partial charge in [-0.2, -0.15) is 23.3 Å². The number of nitrogens with one attached hydrogen (secondary N) is 1. The Kier molecular flexibility index (Phi) is 6.73. The van der Waals surface area contributed by atoms with Crippen LogP contribution in [0, 0.1) is 5.82 Å². The molecular formula is C21H19F4N7O. The van der Waals surface area contributed by atoms with E-state index >= 15 is 0 Å². The number of ether oxygens (including phenoxy) is 1. The predicted molar refractivity (Wildman–Crippen MR) is 112 cm³/mol. The second-order valence-corrected chi connectivity index (χ2v) is 7.06. The van der Waals surface area contributed by atoms with Gasteiger partial charge in [0.15, 0.2) is 11.6 Å². The van der Waals surface area contributed by atoms with E-state index in [0.29, 0.717) is 37.8 Å². The Balaban J connectivity index is 1.42. The molecule has 0 atom stereocenters. The minimum absolute atomic E-state index is 0.0103. The average Bonchev–Trinajstić information content (AvgIpc) is 2.81. The molecule has 33 heavy (non-hydrogen) atoms. The molecule has 0 aliphatic carbocycles. The fraction of sp³-hybridized carbons (Fsp3) is 0.286. The summed E-state index contributed by atoms with van der Waals surface area (Å²) in [7, 11) is 0. The quantitative estimate of drug-likeness (QED) is 0.415. The van der Waals surface area contributed by atoms with Gasteiger partial charge >= 0.3 is 6.18 Å². The molecule has 1 aliphatic rings. The SMILES string of the molecule is Fc1cnc(N=NCc2cccc(Nc3cccc(C(F)(F)F)c3)n2)nc1N1CCOCC1. The molecule has 1 fully saturated rings. The highest BCUT2D eigenvalue weighted by molar-refractivity contribution is 5.57. The molecule has 8 nitrogen and oxygen atoms in total. The first-order valence-electron chi connectivity index (χ1n) is 10.0. The summed E-state index contributed by atoms with van der Waals surface area (Å²) in [5.41, 5.74) is 0.0193. The van der Waals surface area contributed by atoms with Crippen LogP contribution in [0.25, 0.3) is 0 Å². The number of benzene rings is 1. The van der Waals surface area contributed by atoms with Crippen LogP contribution in [-0.4, -0.2) is 41.3 Å². The Hall–Kier alpha value is -3.67. The van der Waals surface area contributed by atoms with E-state index in [1.54, 1.807) is 23.1 Å². The number of halogens is 4. The molecular weight excluding hydrogens is 442 g/mol. The van der Waals surface area contributed by atoms with Crippen LogP contribution in [0.5, 0.6) is 0 Å². The normalized spacial score (nSPS) is 14.6. The van der Waals surface area contributed by atoms with Crippen molar-refractivity contribution in [3.8, 4) is 0 Å². The number of rotatable bonds is 6. The maximum Gasteiger partial charge on any atom is 0.416 e. The predicted octanol–water partition coefficient (Wildman–Crippen LogP) is 4.89. The van der Waals surface area contributed by atoms with Crippen molar-refractivity contribution in [2.75, 3.05) is 36.5 Å². The van der Waals surface area contributed by atoms with Gasteiger partial charge in [-0.15, -0.1) is 5.11 Å². The third-order valence-corrected chi connectivity index (χ3v) is 4.69. The Morgan fingerprint density at radius 1 is 1.06 bits per heavy atom. The molecule has 3 aromatic rings. The summed E-state index contributed by atoms with van der Waals surface area (Å²) in [5.74, 6) is -0.0376. The summed E-state index contributed by atoms with van der Waals surface area (Å²) in [5, 5.41) is 10.8. The van der Waals surface area contributed by atoms with Crippen molar-refractivity contribution in [1.29, 1.82) is 0 Å². The van der Waals surface area contributed by atoms with E-state index in [1.807, 2.05) is 0 Å². The Labute approximate surface area is 186 Å². The number of hydrogen-bond donors (Lipinski definition) is 1. The van der Waals surface area contributed by atoms with Crippen LogP contribution in [0.2, 0.25) is 0 Å². The van der Waals surface area contributed by atoms with Gasteiger partial charge in [0.2, 0.25) is 0 Å². The fourth-order valence-corrected chi connectivity index (χ4v) is 3.12. The number of azo groups is 1. The first-order valence-corrected chi connectivity index (χ1v) is 10.0. The first kappa shape index (κ1) is 22.5. The van der Waals surface area contributed by atoms with Crippen molar-refractivity contribution < 1.29 is 22.3 Å². The van der Waals surface area contributed by atoms with Crippen molar-refractivity contribution in [1.82, 2.24) is 15.0 Å². The summed E-state index contributed by atoms with van der Waals surface area (Å²) < 4.78 is 58.0. The molecule has 1 saturated heterocycles. The van der Waals surface area contributed by atoms with Crippen LogP contribution in [0.4, 0.5) is 40.8 Å². The molecule has 12 heteroatoms. The maximum absolute atomic E-state index is 14.1. The van der Waals surface area contributed by atoms with E-state index in [-0.39, 0.29) is 24.0 Å². The van der Waals surface area contributed by atoms with Crippen molar-refractivity contribution in [2.45, 2.75) is 12.7 Å². The summed E-state index contributed by atoms with van der Waals surface area (Å²) in [4.78, 5) is 14.0. The molecule has 2 aromatic heterocycles. The largest absolute Gasteiger partial charge is 0.416 e. The Morgan fingerprint density at radius 2 is 1.85 bits per heavy atom. The van der Waals surface area contributed by atoms with Gasteiger partial charge in [-0.05, 0) is 30.3 Å². The molecule has 4 rings (SSSR count). The van der Waals surface area contributed by atoms with Crippen molar-refractivity contribution in [3.63, 3.8) is 0 Å². The van der Waals surface area contributed by atoms with Crippen LogP contribution < -0.4 is 10.2 Å². The number of hydrogen-bond acceptors (Lipinski definition) is 8. The molecule has 1 aromatic carbocycles. The van der Waals surface area contributed by atoms with Gasteiger partial charge in [-0.25, -0.2) is 14.4 Å². The van der Waals surface area contributed by atoms with Gasteiger partial charge in [0, 0.05) is 18.8 Å². The first-order chi connectivity index (χ1) is 15.9. The zero-order chi connectivity index (χ0) is 23.3. The van der Waals surface area contributed by atoms with E-state index in [2.05, 4.69) is 30.5 Å². The Morgan fingerprint density at radius 3 is 2.64 bits per heavy atom. The number of anilines is 3. The van der Waals surface area contributed by atoms with Crippen LogP contribution in [0.1, 0.15) is 11.3 Å². The van der Waals surface area contributed by atoms with Gasteiger partial charge in [0.1, 0.15) is 12.4 Å². The average molecular weight is 461 g/mol. The monoisotopic (exact) mass is 461 g/mol. The summed E-state index contributed by atoms with van der Waals surface area (Å²) in [6.07, 6.45) is -3.39. The van der Waals surface area contributed by atoms with E-state index < -0.39 is 17.6 Å². The summed E-state index contributed by atoms with van der Waals surface area (Å²) in [6.45, 7) is 2.07. The van der Waals surface area contributed by atoms with Gasteiger partial charge < -0.3 is 15.0 Å². The highest BCUT2D eigenvalue weighted by Gasteiger charge is 2.30. The number of alkyl halides is 3. The molecule has 0 bridgehead atoms. The lowest BCUT2D eigenvalue weighted by molar-refractivity contribution is -0.137. The fourth-order valence-electron chi connectivity index (χ4n) is 3.12. The highest BCUT2D eigenvalue weighted by Crippen LogP contribution is 2.31. The number of nitrogens with zero attached hydrogens (tertiary/aromatic N) is 6. The van der Waals surface area contributed by atoms with E-state index in [0.717, 1.165) is 18.3 Å². The lowest BCUT2D eigenvalue weighted by Crippen LogP contribution is -2.37. The van der Waals surface area contributed by atoms with Gasteiger partial charge in [0.25, 0.3) is 5.95 Å². The number of morpholine rings is 1. The van der Waals surface area contributed by atoms with Crippen LogP contribution in [0.3, 0.4) is 0 Å². The second-order valence-electron chi connectivity index (χ2n) is 7.06. The number of aromatic nitrogens is 3. The topological polar surface area (TPSA) is 87.9 Å². The molecule has 3 heterocycles. The molecule has 0 radical (unpaired) electrons. The van der Waals surface area contributed by atoms with Crippen molar-refractivity contribution in [2.24, 2.45) is 10.2 Å². The summed E-state index contributed by atoms with van der Waals surface area (Å²) in [6, 6.07) is 9.85. The van der Waals surface area contributed by atoms with Gasteiger partial charge in [-0.3, -0.25) is 0 Å². The molecule has 0 amide bonds. The van der Waals surface area contributed by atoms with Gasteiger partial charge in [0.05, 0.1) is 30.7 Å². The minimum Gasteiger partial charge on any atom is -0.378 e. The van der Waals surface area contributed by atoms with E-state index in [1.165, 1.54) is 12.1 Å². The van der Waals surface area contributed by atoms with Crippen molar-refractivity contribution in [3.05, 3.63) is 65.7 Å². The summed E-state index contributed by atoms with van der Waals surface area (Å²) >= 11 is 0.